The molecule has 0 aromatic heterocycles. The smallest absolute Gasteiger partial charge is 0.408 e. The molecular weight excluding hydrogens is 276 g/mol. The molecule has 1 saturated carbocycles. The maximum atomic E-state index is 11.9. The summed E-state index contributed by atoms with van der Waals surface area (Å²) in [6.45, 7) is 15.1. The summed E-state index contributed by atoms with van der Waals surface area (Å²) >= 11 is 0. The maximum absolute atomic E-state index is 11.9. The van der Waals surface area contributed by atoms with Gasteiger partial charge >= 0.3 is 6.09 Å². The molecule has 130 valence electrons. The van der Waals surface area contributed by atoms with Gasteiger partial charge in [0.25, 0.3) is 0 Å². The van der Waals surface area contributed by atoms with Crippen LogP contribution in [0.25, 0.3) is 0 Å². The zero-order valence-corrected chi connectivity index (χ0v) is 15.6. The van der Waals surface area contributed by atoms with E-state index < -0.39 is 5.60 Å². The third-order valence-electron chi connectivity index (χ3n) is 4.39. The first kappa shape index (κ1) is 19.3. The topological polar surface area (TPSA) is 50.4 Å². The van der Waals surface area contributed by atoms with E-state index in [9.17, 15) is 4.79 Å². The van der Waals surface area contributed by atoms with Gasteiger partial charge < -0.3 is 15.4 Å². The van der Waals surface area contributed by atoms with Crippen LogP contribution in [0.2, 0.25) is 0 Å². The van der Waals surface area contributed by atoms with Crippen LogP contribution in [-0.4, -0.2) is 29.8 Å². The van der Waals surface area contributed by atoms with Crippen LogP contribution < -0.4 is 10.6 Å². The van der Waals surface area contributed by atoms with Crippen LogP contribution in [0.1, 0.15) is 74.1 Å². The molecule has 1 rings (SSSR count). The van der Waals surface area contributed by atoms with Crippen molar-refractivity contribution in [3.63, 3.8) is 0 Å². The van der Waals surface area contributed by atoms with E-state index in [1.807, 2.05) is 34.6 Å². The summed E-state index contributed by atoms with van der Waals surface area (Å²) in [5.74, 6) is 1.68. The van der Waals surface area contributed by atoms with Crippen LogP contribution in [0, 0.1) is 11.8 Å². The Balaban J connectivity index is 2.32. The number of ether oxygens (including phenoxy) is 1. The lowest BCUT2D eigenvalue weighted by Crippen LogP contribution is -2.53. The summed E-state index contributed by atoms with van der Waals surface area (Å²) in [5.41, 5.74) is -0.764. The van der Waals surface area contributed by atoms with E-state index >= 15 is 0 Å². The molecule has 4 heteroatoms. The average molecular weight is 312 g/mol. The first-order valence-electron chi connectivity index (χ1n) is 8.73. The minimum absolute atomic E-state index is 0.308. The number of amides is 1. The minimum Gasteiger partial charge on any atom is -0.444 e. The van der Waals surface area contributed by atoms with Gasteiger partial charge in [-0.2, -0.15) is 0 Å². The van der Waals surface area contributed by atoms with Gasteiger partial charge in [0.1, 0.15) is 5.60 Å². The summed E-state index contributed by atoms with van der Waals surface area (Å²) in [4.78, 5) is 11.9. The van der Waals surface area contributed by atoms with Crippen molar-refractivity contribution in [3.05, 3.63) is 0 Å². The highest BCUT2D eigenvalue weighted by Crippen LogP contribution is 2.29. The van der Waals surface area contributed by atoms with E-state index in [1.54, 1.807) is 0 Å². The zero-order valence-electron chi connectivity index (χ0n) is 15.6. The standard InChI is InChI=1S/C18H36N2O2/c1-13(2)14-8-10-15(11-9-14)19-12-18(6,7)20-16(21)22-17(3,4)5/h13-15,19H,8-12H2,1-7H3,(H,20,21). The van der Waals surface area contributed by atoms with Gasteiger partial charge in [-0.25, -0.2) is 4.79 Å². The normalized spacial score (nSPS) is 23.5. The highest BCUT2D eigenvalue weighted by Gasteiger charge is 2.27. The second-order valence-corrected chi connectivity index (χ2v) is 8.75. The first-order valence-corrected chi connectivity index (χ1v) is 8.73. The van der Waals surface area contributed by atoms with Gasteiger partial charge in [0.05, 0.1) is 5.54 Å². The van der Waals surface area contributed by atoms with Crippen molar-refractivity contribution in [2.75, 3.05) is 6.54 Å². The van der Waals surface area contributed by atoms with Crippen molar-refractivity contribution in [3.8, 4) is 0 Å². The van der Waals surface area contributed by atoms with Gasteiger partial charge in [-0.3, -0.25) is 0 Å². The van der Waals surface area contributed by atoms with Crippen molar-refractivity contribution in [1.29, 1.82) is 0 Å². The monoisotopic (exact) mass is 312 g/mol. The molecule has 1 amide bonds. The lowest BCUT2D eigenvalue weighted by molar-refractivity contribution is 0.0469. The lowest BCUT2D eigenvalue weighted by atomic mass is 9.79. The molecule has 0 aromatic carbocycles. The fourth-order valence-electron chi connectivity index (χ4n) is 3.01. The molecular formula is C18H36N2O2. The number of carbonyl (C=O) groups is 1. The molecule has 0 radical (unpaired) electrons. The number of hydrogen-bond acceptors (Lipinski definition) is 3. The molecule has 2 N–H and O–H groups in total. The van der Waals surface area contributed by atoms with Gasteiger partial charge in [-0.15, -0.1) is 0 Å². The summed E-state index contributed by atoms with van der Waals surface area (Å²) < 4.78 is 5.33. The number of hydrogen-bond donors (Lipinski definition) is 2. The van der Waals surface area contributed by atoms with Crippen molar-refractivity contribution >= 4 is 6.09 Å². The van der Waals surface area contributed by atoms with Crippen LogP contribution in [-0.2, 0) is 4.74 Å². The Labute approximate surface area is 136 Å². The molecule has 1 aliphatic rings. The fraction of sp³-hybridized carbons (Fsp3) is 0.944. The van der Waals surface area contributed by atoms with Crippen molar-refractivity contribution < 1.29 is 9.53 Å². The highest BCUT2D eigenvalue weighted by molar-refractivity contribution is 5.68. The van der Waals surface area contributed by atoms with Gasteiger partial charge in [0.2, 0.25) is 0 Å². The van der Waals surface area contributed by atoms with Crippen molar-refractivity contribution in [2.45, 2.75) is 91.3 Å². The second-order valence-electron chi connectivity index (χ2n) is 8.75. The molecule has 22 heavy (non-hydrogen) atoms. The summed E-state index contributed by atoms with van der Waals surface area (Å²) in [6.07, 6.45) is 4.77. The van der Waals surface area contributed by atoms with Crippen molar-refractivity contribution in [1.82, 2.24) is 10.6 Å². The Kier molecular flexibility index (Phi) is 6.72. The Morgan fingerprint density at radius 3 is 2.09 bits per heavy atom. The molecule has 0 aliphatic heterocycles. The molecule has 0 saturated heterocycles. The third-order valence-corrected chi connectivity index (χ3v) is 4.39. The molecule has 1 aliphatic carbocycles. The number of carbonyl (C=O) groups excluding carboxylic acids is 1. The quantitative estimate of drug-likeness (QED) is 0.803. The fourth-order valence-corrected chi connectivity index (χ4v) is 3.01. The first-order chi connectivity index (χ1) is 9.98. The van der Waals surface area contributed by atoms with E-state index in [2.05, 4.69) is 24.5 Å². The predicted octanol–water partition coefficient (Wildman–Crippen LogP) is 4.09. The van der Waals surface area contributed by atoms with Gasteiger partial charge in [-0.05, 0) is 72.1 Å². The van der Waals surface area contributed by atoms with Gasteiger partial charge in [0.15, 0.2) is 0 Å². The molecule has 0 heterocycles. The molecule has 0 aromatic rings. The van der Waals surface area contributed by atoms with Crippen LogP contribution in [0.5, 0.6) is 0 Å². The van der Waals surface area contributed by atoms with Crippen LogP contribution in [0.3, 0.4) is 0 Å². The van der Waals surface area contributed by atoms with Crippen LogP contribution in [0.4, 0.5) is 4.79 Å². The van der Waals surface area contributed by atoms with Crippen molar-refractivity contribution in [2.24, 2.45) is 11.8 Å². The summed E-state index contributed by atoms with van der Waals surface area (Å²) in [7, 11) is 0. The number of rotatable bonds is 5. The van der Waals surface area contributed by atoms with Crippen LogP contribution in [0.15, 0.2) is 0 Å². The molecule has 0 bridgehead atoms. The Hall–Kier alpha value is -0.770. The van der Waals surface area contributed by atoms with E-state index in [0.717, 1.165) is 18.4 Å². The SMILES string of the molecule is CC(C)C1CCC(NCC(C)(C)NC(=O)OC(C)(C)C)CC1. The third kappa shape index (κ3) is 7.48. The average Bonchev–Trinajstić information content (AvgIpc) is 2.33. The number of nitrogens with one attached hydrogen (secondary N) is 2. The van der Waals surface area contributed by atoms with Gasteiger partial charge in [-0.1, -0.05) is 13.8 Å². The molecule has 4 nitrogen and oxygen atoms in total. The van der Waals surface area contributed by atoms with E-state index in [-0.39, 0.29) is 11.6 Å². The Bertz CT molecular complexity index is 351. The Morgan fingerprint density at radius 2 is 1.64 bits per heavy atom. The van der Waals surface area contributed by atoms with E-state index in [0.29, 0.717) is 6.04 Å². The zero-order chi connectivity index (χ0) is 17.0. The molecule has 1 fully saturated rings. The molecule has 0 unspecified atom stereocenters. The predicted molar refractivity (Wildman–Crippen MR) is 92.0 cm³/mol. The summed E-state index contributed by atoms with van der Waals surface area (Å²) in [6, 6.07) is 0.578. The van der Waals surface area contributed by atoms with E-state index in [1.165, 1.54) is 25.7 Å². The second kappa shape index (κ2) is 7.67. The van der Waals surface area contributed by atoms with Crippen LogP contribution >= 0.6 is 0 Å². The number of alkyl carbamates (subject to hydrolysis) is 1. The molecule has 0 spiro atoms. The van der Waals surface area contributed by atoms with E-state index in [4.69, 9.17) is 4.74 Å². The maximum Gasteiger partial charge on any atom is 0.408 e. The lowest BCUT2D eigenvalue weighted by Gasteiger charge is -2.34. The minimum atomic E-state index is -0.456. The van der Waals surface area contributed by atoms with Gasteiger partial charge in [0, 0.05) is 12.6 Å². The Morgan fingerprint density at radius 1 is 1.09 bits per heavy atom. The molecule has 0 atom stereocenters. The highest BCUT2D eigenvalue weighted by atomic mass is 16.6. The largest absolute Gasteiger partial charge is 0.444 e. The summed E-state index contributed by atoms with van der Waals surface area (Å²) in [5, 5.41) is 6.58.